The lowest BCUT2D eigenvalue weighted by Crippen LogP contribution is -2.38. The summed E-state index contributed by atoms with van der Waals surface area (Å²) in [6.45, 7) is 0.978. The largest absolute Gasteiger partial charge is 0.335 e. The van der Waals surface area contributed by atoms with Gasteiger partial charge in [-0.2, -0.15) is 4.98 Å². The van der Waals surface area contributed by atoms with E-state index in [1.807, 2.05) is 4.57 Å². The number of imidazole rings is 2. The number of aryl methyl sites for hydroxylation is 4. The molecule has 0 spiro atoms. The van der Waals surface area contributed by atoms with Gasteiger partial charge in [-0.05, 0) is 0 Å². The number of hydrogen-bond donors (Lipinski definition) is 1. The van der Waals surface area contributed by atoms with Gasteiger partial charge in [0, 0.05) is 98.7 Å². The third-order valence-corrected chi connectivity index (χ3v) is 15.6. The average Bonchev–Trinajstić information content (AvgIpc) is 4.16. The van der Waals surface area contributed by atoms with Gasteiger partial charge in [-0.25, -0.2) is 37.6 Å². The van der Waals surface area contributed by atoms with Crippen molar-refractivity contribution < 1.29 is 8.42 Å². The Kier molecular flexibility index (Phi) is 14.6. The first kappa shape index (κ1) is 50.2. The fourth-order valence-corrected chi connectivity index (χ4v) is 9.97. The molecule has 10 heterocycles. The number of sulfone groups is 1. The highest BCUT2D eigenvalue weighted by Gasteiger charge is 2.33. The smallest absolute Gasteiger partial charge is 0.332 e. The van der Waals surface area contributed by atoms with Gasteiger partial charge < -0.3 is 14.5 Å². The molecule has 0 saturated carbocycles. The molecule has 10 rings (SSSR count). The van der Waals surface area contributed by atoms with Gasteiger partial charge in [-0.3, -0.25) is 55.7 Å². The first-order valence-electron chi connectivity index (χ1n) is 19.3. The molecule has 4 aliphatic rings. The van der Waals surface area contributed by atoms with E-state index in [2.05, 4.69) is 52.1 Å². The summed E-state index contributed by atoms with van der Waals surface area (Å²) in [7, 11) is 8.59. The van der Waals surface area contributed by atoms with Crippen molar-refractivity contribution >= 4 is 121 Å². The molecular weight excluding hydrogens is 1080 g/mol. The van der Waals surface area contributed by atoms with E-state index in [9.17, 15) is 46.8 Å². The standard InChI is InChI=1S/C9H10N4O4S.C9H10N4O2S.C8H8ClN3O2.C8H9N3O2S.C2H4Br2/c1-11-6-5(7(14)12(2)9(11)15)13-3-4-18(16,17)8(13)10-6;1-11-6-5(7(14)12(2)9(11)15)13-3-4-16-8(13)10-6;1-11-6-4(3-5(9)10-6)7(13)12(2)8(11)14;1-10-6-4(3-5(14)9-6)7(12)11(2)8(10)13;3-1-2-4/h3-4H2,1-2H3;3-4H2,1-2H3;3H2,1-2H3;3H2,1-2H3,(H,9,14);1-2H2. The summed E-state index contributed by atoms with van der Waals surface area (Å²) in [6, 6.07) is 0. The van der Waals surface area contributed by atoms with Crippen molar-refractivity contribution in [3.05, 3.63) is 94.5 Å². The predicted octanol–water partition coefficient (Wildman–Crippen LogP) is -1.18. The van der Waals surface area contributed by atoms with Crippen LogP contribution in [0.15, 0.2) is 53.7 Å². The number of aliphatic imine (C=N–C) groups is 1. The number of nitrogens with zero attached hydrogens (tertiary/aromatic N) is 13. The van der Waals surface area contributed by atoms with Crippen LogP contribution >= 0.6 is 67.4 Å². The zero-order chi connectivity index (χ0) is 49.0. The van der Waals surface area contributed by atoms with E-state index in [0.29, 0.717) is 56.9 Å². The van der Waals surface area contributed by atoms with Crippen molar-refractivity contribution in [1.82, 2.24) is 55.6 Å². The Morgan fingerprint density at radius 2 is 1.12 bits per heavy atom. The second kappa shape index (κ2) is 19.2. The van der Waals surface area contributed by atoms with Gasteiger partial charge in [-0.15, -0.1) is 0 Å². The van der Waals surface area contributed by atoms with Gasteiger partial charge in [0.2, 0.25) is 15.0 Å². The summed E-state index contributed by atoms with van der Waals surface area (Å²) in [5, 5.41) is 6.00. The van der Waals surface area contributed by atoms with Crippen molar-refractivity contribution in [2.45, 2.75) is 36.2 Å². The Labute approximate surface area is 402 Å². The molecular formula is C36H41Br2ClN14O10S3. The molecule has 24 nitrogen and oxygen atoms in total. The zero-order valence-corrected chi connectivity index (χ0v) is 42.8. The number of fused-ring (bicyclic) bond motifs is 8. The van der Waals surface area contributed by atoms with Crippen molar-refractivity contribution in [2.75, 3.05) is 27.5 Å². The van der Waals surface area contributed by atoms with Crippen LogP contribution in [0.5, 0.6) is 0 Å². The molecule has 0 bridgehead atoms. The second-order valence-corrected chi connectivity index (χ2v) is 20.4. The lowest BCUT2D eigenvalue weighted by Gasteiger charge is -2.07. The third-order valence-electron chi connectivity index (χ3n) is 10.7. The van der Waals surface area contributed by atoms with Crippen LogP contribution in [0.25, 0.3) is 22.3 Å². The highest BCUT2D eigenvalue weighted by Crippen LogP contribution is 2.27. The number of rotatable bonds is 1. The number of alkyl halides is 2. The van der Waals surface area contributed by atoms with E-state index in [-0.39, 0.29) is 62.4 Å². The summed E-state index contributed by atoms with van der Waals surface area (Å²) in [4.78, 5) is 106. The highest BCUT2D eigenvalue weighted by atomic mass is 79.9. The maximum absolute atomic E-state index is 12.0. The van der Waals surface area contributed by atoms with Gasteiger partial charge in [-0.1, -0.05) is 67.4 Å². The maximum atomic E-state index is 12.0. The third kappa shape index (κ3) is 8.74. The summed E-state index contributed by atoms with van der Waals surface area (Å²) >= 11 is 18.7. The molecule has 1 N–H and O–H groups in total. The van der Waals surface area contributed by atoms with Crippen LogP contribution < -0.4 is 50.3 Å². The Morgan fingerprint density at radius 1 is 0.636 bits per heavy atom. The maximum Gasteiger partial charge on any atom is 0.332 e. The molecule has 66 heavy (non-hydrogen) atoms. The molecule has 354 valence electrons. The summed E-state index contributed by atoms with van der Waals surface area (Å²) in [5.41, 5.74) is -0.617. The van der Waals surface area contributed by atoms with Crippen molar-refractivity contribution in [2.24, 2.45) is 61.4 Å². The number of thioether (sulfide) groups is 1. The molecule has 0 fully saturated rings. The molecule has 0 aliphatic carbocycles. The normalized spacial score (nSPS) is 14.7. The Bertz CT molecular complexity index is 3700. The van der Waals surface area contributed by atoms with Crippen molar-refractivity contribution in [3.63, 3.8) is 0 Å². The minimum atomic E-state index is -3.44. The van der Waals surface area contributed by atoms with Crippen LogP contribution in [0, 0.1) is 0 Å². The van der Waals surface area contributed by atoms with E-state index in [0.717, 1.165) is 46.4 Å². The molecule has 30 heteroatoms. The van der Waals surface area contributed by atoms with E-state index < -0.39 is 21.1 Å². The Hall–Kier alpha value is -5.23. The highest BCUT2D eigenvalue weighted by molar-refractivity contribution is 9.11. The molecule has 6 aromatic rings. The van der Waals surface area contributed by atoms with Crippen LogP contribution in [0.2, 0.25) is 0 Å². The number of aromatic nitrogens is 12. The topological polar surface area (TPSA) is 270 Å². The van der Waals surface area contributed by atoms with E-state index in [1.165, 1.54) is 58.1 Å². The minimum Gasteiger partial charge on any atom is -0.335 e. The van der Waals surface area contributed by atoms with Crippen LogP contribution in [-0.2, 0) is 92.1 Å². The summed E-state index contributed by atoms with van der Waals surface area (Å²) < 4.78 is 36.3. The monoisotopic (exact) mass is 1120 g/mol. The van der Waals surface area contributed by atoms with Gasteiger partial charge in [0.25, 0.3) is 22.2 Å². The molecule has 0 atom stereocenters. The molecule has 0 unspecified atom stereocenters. The second-order valence-electron chi connectivity index (χ2n) is 14.8. The van der Waals surface area contributed by atoms with Gasteiger partial charge in [0.15, 0.2) is 27.5 Å². The van der Waals surface area contributed by atoms with Gasteiger partial charge in [0.05, 0.1) is 21.9 Å². The number of hydrogen-bond acceptors (Lipinski definition) is 15. The fourth-order valence-electron chi connectivity index (χ4n) is 7.22. The van der Waals surface area contributed by atoms with E-state index in [1.54, 1.807) is 32.9 Å². The minimum absolute atomic E-state index is 0.0583. The van der Waals surface area contributed by atoms with Crippen LogP contribution in [0.4, 0.5) is 11.6 Å². The van der Waals surface area contributed by atoms with Crippen molar-refractivity contribution in [3.8, 4) is 0 Å². The van der Waals surface area contributed by atoms with Crippen LogP contribution in [0.1, 0.15) is 11.1 Å². The summed E-state index contributed by atoms with van der Waals surface area (Å²) in [5.74, 6) is 1.79. The van der Waals surface area contributed by atoms with Crippen LogP contribution in [-0.4, -0.2) is 96.4 Å². The van der Waals surface area contributed by atoms with E-state index in [4.69, 9.17) is 23.8 Å². The molecule has 0 saturated heterocycles. The van der Waals surface area contributed by atoms with Crippen LogP contribution in [0.3, 0.4) is 0 Å². The predicted molar refractivity (Wildman–Crippen MR) is 261 cm³/mol. The van der Waals surface area contributed by atoms with Gasteiger partial charge >= 0.3 is 22.8 Å². The van der Waals surface area contributed by atoms with Gasteiger partial charge in [0.1, 0.15) is 16.8 Å². The molecule has 4 aliphatic heterocycles. The zero-order valence-electron chi connectivity index (χ0n) is 36.4. The average molecular weight is 1120 g/mol. The quantitative estimate of drug-likeness (QED) is 0.150. The number of thiocarbonyl (C=S) groups is 1. The first-order valence-corrected chi connectivity index (χ1v) is 25.0. The molecule has 6 aromatic heterocycles. The summed E-state index contributed by atoms with van der Waals surface area (Å²) in [6.07, 6.45) is 0.739. The van der Waals surface area contributed by atoms with Crippen molar-refractivity contribution in [1.29, 1.82) is 0 Å². The Balaban J connectivity index is 0.000000142. The number of anilines is 1. The number of nitrogens with one attached hydrogen (secondary N) is 1. The Morgan fingerprint density at radius 3 is 1.68 bits per heavy atom. The fraction of sp³-hybridized carbons (Fsp3) is 0.444. The molecule has 0 amide bonds. The lowest BCUT2D eigenvalue weighted by molar-refractivity contribution is 0.595. The lowest BCUT2D eigenvalue weighted by atomic mass is 10.2. The van der Waals surface area contributed by atoms with E-state index >= 15 is 0 Å². The molecule has 0 aromatic carbocycles. The molecule has 0 radical (unpaired) electrons. The first-order chi connectivity index (χ1) is 30.9. The SMILES string of the molecule is BrCCBr.Cn1c(=O)c2c(nc3n2CCS3(=O)=O)n(C)c1=O.Cn1c(=O)c2c(nc3n2CCS3)n(C)c1=O.Cn1c2c(c(=O)n(C)c1=O)CC(=S)N2.Cn1c2c(c(=O)n(C)c1=O)CC(Cl)=N2. The number of halogens is 3.